The Morgan fingerprint density at radius 1 is 0.821 bits per heavy atom. The van der Waals surface area contributed by atoms with Crippen LogP contribution in [0.4, 0.5) is 9.59 Å². The SMILES string of the molecule is CCC(C)[C@H](OC(N)=O)C(=O)N1CCC[C@H]1c1ncc(-c2ccc(-c3cnc4cc(-c5cnc([C@@H]6CCCN6C(=O)[C@H](C)NC(=O)OC)[nH]5)ccc4n3)cc2)[nH]1. The number of primary amides is 1. The molecule has 2 aliphatic rings. The van der Waals surface area contributed by atoms with Crippen molar-refractivity contribution in [2.24, 2.45) is 11.7 Å². The molecular formula is C40H46N10O6. The van der Waals surface area contributed by atoms with Gasteiger partial charge in [-0.2, -0.15) is 0 Å². The zero-order valence-corrected chi connectivity index (χ0v) is 31.8. The van der Waals surface area contributed by atoms with E-state index in [1.165, 1.54) is 7.11 Å². The van der Waals surface area contributed by atoms with Crippen molar-refractivity contribution in [3.63, 3.8) is 0 Å². The Bertz CT molecular complexity index is 2240. The molecule has 292 valence electrons. The molecule has 0 spiro atoms. The van der Waals surface area contributed by atoms with Crippen LogP contribution < -0.4 is 11.1 Å². The number of ether oxygens (including phenoxy) is 2. The molecule has 0 saturated carbocycles. The lowest BCUT2D eigenvalue weighted by Gasteiger charge is -2.29. The number of rotatable bonds is 11. The number of fused-ring (bicyclic) bond motifs is 1. The molecule has 0 radical (unpaired) electrons. The molecule has 16 nitrogen and oxygen atoms in total. The van der Waals surface area contributed by atoms with Crippen LogP contribution in [0.3, 0.4) is 0 Å². The first-order valence-electron chi connectivity index (χ1n) is 18.9. The Kier molecular flexibility index (Phi) is 11.0. The summed E-state index contributed by atoms with van der Waals surface area (Å²) in [5, 5.41) is 2.55. The fraction of sp³-hybridized carbons (Fsp3) is 0.400. The number of benzene rings is 2. The minimum absolute atomic E-state index is 0.174. The van der Waals surface area contributed by atoms with Gasteiger partial charge < -0.3 is 40.3 Å². The van der Waals surface area contributed by atoms with E-state index in [9.17, 15) is 19.2 Å². The van der Waals surface area contributed by atoms with E-state index < -0.39 is 24.3 Å². The lowest BCUT2D eigenvalue weighted by atomic mass is 10.00. The van der Waals surface area contributed by atoms with Gasteiger partial charge in [0.25, 0.3) is 5.91 Å². The molecule has 5 aromatic rings. The third-order valence-corrected chi connectivity index (χ3v) is 10.8. The summed E-state index contributed by atoms with van der Waals surface area (Å²) in [6.07, 6.45) is 6.53. The summed E-state index contributed by atoms with van der Waals surface area (Å²) in [4.78, 5) is 79.0. The number of hydrogen-bond acceptors (Lipinski definition) is 10. The summed E-state index contributed by atoms with van der Waals surface area (Å²) in [7, 11) is 1.26. The number of aromatic nitrogens is 6. The van der Waals surface area contributed by atoms with Crippen LogP contribution in [0.2, 0.25) is 0 Å². The summed E-state index contributed by atoms with van der Waals surface area (Å²) >= 11 is 0. The third kappa shape index (κ3) is 7.76. The second-order valence-electron chi connectivity index (χ2n) is 14.4. The highest BCUT2D eigenvalue weighted by Gasteiger charge is 2.39. The molecule has 1 unspecified atom stereocenters. The number of nitrogens with zero attached hydrogens (tertiary/aromatic N) is 6. The number of carbonyl (C=O) groups is 4. The zero-order chi connectivity index (χ0) is 39.5. The van der Waals surface area contributed by atoms with Gasteiger partial charge in [-0.1, -0.05) is 44.2 Å². The fourth-order valence-electron chi connectivity index (χ4n) is 7.53. The molecule has 2 aliphatic heterocycles. The highest BCUT2D eigenvalue weighted by atomic mass is 16.6. The molecule has 3 aromatic heterocycles. The second-order valence-corrected chi connectivity index (χ2v) is 14.4. The van der Waals surface area contributed by atoms with Gasteiger partial charge in [-0.25, -0.2) is 24.5 Å². The second kappa shape index (κ2) is 16.2. The monoisotopic (exact) mass is 762 g/mol. The Balaban J connectivity index is 1.02. The first kappa shape index (κ1) is 38.0. The van der Waals surface area contributed by atoms with Crippen LogP contribution in [-0.2, 0) is 19.1 Å². The number of hydrogen-bond donors (Lipinski definition) is 4. The van der Waals surface area contributed by atoms with Gasteiger partial charge in [0.1, 0.15) is 17.7 Å². The lowest BCUT2D eigenvalue weighted by molar-refractivity contribution is -0.144. The number of aromatic amines is 2. The summed E-state index contributed by atoms with van der Waals surface area (Å²) < 4.78 is 9.90. The van der Waals surface area contributed by atoms with Gasteiger partial charge in [0.2, 0.25) is 5.91 Å². The number of nitrogens with two attached hydrogens (primary N) is 1. The highest BCUT2D eigenvalue weighted by Crippen LogP contribution is 2.35. The smallest absolute Gasteiger partial charge is 0.407 e. The number of carbonyl (C=O) groups excluding carboxylic acids is 4. The minimum atomic E-state index is -0.959. The van der Waals surface area contributed by atoms with E-state index in [0.29, 0.717) is 31.2 Å². The molecular weight excluding hydrogens is 717 g/mol. The first-order valence-corrected chi connectivity index (χ1v) is 18.9. The van der Waals surface area contributed by atoms with Gasteiger partial charge in [0, 0.05) is 30.1 Å². The maximum atomic E-state index is 13.5. The number of alkyl carbamates (subject to hydrolysis) is 1. The maximum Gasteiger partial charge on any atom is 0.407 e. The van der Waals surface area contributed by atoms with Crippen molar-refractivity contribution in [3.8, 4) is 33.8 Å². The molecule has 5 N–H and O–H groups in total. The maximum absolute atomic E-state index is 13.5. The topological polar surface area (TPSA) is 214 Å². The molecule has 16 heteroatoms. The van der Waals surface area contributed by atoms with Crippen LogP contribution >= 0.6 is 0 Å². The van der Waals surface area contributed by atoms with E-state index in [1.807, 2.05) is 56.3 Å². The van der Waals surface area contributed by atoms with Crippen molar-refractivity contribution >= 4 is 35.0 Å². The molecule has 0 aliphatic carbocycles. The Hall–Kier alpha value is -6.32. The predicted molar refractivity (Wildman–Crippen MR) is 206 cm³/mol. The summed E-state index contributed by atoms with van der Waals surface area (Å²) in [6, 6.07) is 12.6. The Labute approximate surface area is 323 Å². The summed E-state index contributed by atoms with van der Waals surface area (Å²) in [6.45, 7) is 6.58. The minimum Gasteiger partial charge on any atom is -0.453 e. The van der Waals surface area contributed by atoms with Gasteiger partial charge in [-0.15, -0.1) is 0 Å². The predicted octanol–water partition coefficient (Wildman–Crippen LogP) is 5.66. The van der Waals surface area contributed by atoms with E-state index in [-0.39, 0.29) is 29.8 Å². The molecule has 7 rings (SSSR count). The Morgan fingerprint density at radius 2 is 1.41 bits per heavy atom. The van der Waals surface area contributed by atoms with Crippen molar-refractivity contribution in [2.45, 2.75) is 77.1 Å². The van der Waals surface area contributed by atoms with Crippen LogP contribution in [0.25, 0.3) is 44.8 Å². The quantitative estimate of drug-likeness (QED) is 0.130. The van der Waals surface area contributed by atoms with E-state index in [0.717, 1.165) is 70.5 Å². The van der Waals surface area contributed by atoms with Gasteiger partial charge in [0.15, 0.2) is 6.10 Å². The number of imidazole rings is 2. The summed E-state index contributed by atoms with van der Waals surface area (Å²) in [5.41, 5.74) is 11.8. The molecule has 56 heavy (non-hydrogen) atoms. The number of H-pyrrole nitrogens is 2. The van der Waals surface area contributed by atoms with E-state index in [4.69, 9.17) is 20.4 Å². The largest absolute Gasteiger partial charge is 0.453 e. The fourth-order valence-corrected chi connectivity index (χ4v) is 7.53. The third-order valence-electron chi connectivity index (χ3n) is 10.8. The summed E-state index contributed by atoms with van der Waals surface area (Å²) in [5.74, 6) is 0.745. The molecule has 2 saturated heterocycles. The van der Waals surface area contributed by atoms with Gasteiger partial charge in [-0.3, -0.25) is 14.6 Å². The normalized spacial score (nSPS) is 18.4. The molecule has 2 aromatic carbocycles. The van der Waals surface area contributed by atoms with Crippen LogP contribution in [-0.4, -0.2) is 96.0 Å². The van der Waals surface area contributed by atoms with Crippen LogP contribution in [0.5, 0.6) is 0 Å². The number of methoxy groups -OCH3 is 1. The molecule has 2 fully saturated rings. The van der Waals surface area contributed by atoms with Crippen molar-refractivity contribution in [1.82, 2.24) is 45.0 Å². The average molecular weight is 763 g/mol. The molecule has 0 bridgehead atoms. The van der Waals surface area contributed by atoms with Gasteiger partial charge >= 0.3 is 12.2 Å². The zero-order valence-electron chi connectivity index (χ0n) is 31.8. The average Bonchev–Trinajstić information content (AvgIpc) is 4.05. The number of likely N-dealkylation sites (tertiary alicyclic amines) is 2. The molecule has 5 atom stereocenters. The Morgan fingerprint density at radius 3 is 2.02 bits per heavy atom. The van der Waals surface area contributed by atoms with Crippen LogP contribution in [0.15, 0.2) is 61.1 Å². The van der Waals surface area contributed by atoms with Crippen molar-refractivity contribution in [3.05, 3.63) is 72.7 Å². The highest BCUT2D eigenvalue weighted by molar-refractivity contribution is 5.86. The van der Waals surface area contributed by atoms with Crippen molar-refractivity contribution in [1.29, 1.82) is 0 Å². The molecule has 5 heterocycles. The van der Waals surface area contributed by atoms with Gasteiger partial charge in [0.05, 0.1) is 65.9 Å². The van der Waals surface area contributed by atoms with Gasteiger partial charge in [-0.05, 0) is 56.7 Å². The van der Waals surface area contributed by atoms with E-state index in [1.54, 1.807) is 35.3 Å². The number of amides is 4. The van der Waals surface area contributed by atoms with Crippen molar-refractivity contribution < 1.29 is 28.7 Å². The van der Waals surface area contributed by atoms with Crippen molar-refractivity contribution in [2.75, 3.05) is 20.2 Å². The van der Waals surface area contributed by atoms with E-state index in [2.05, 4.69) is 30.0 Å². The van der Waals surface area contributed by atoms with Crippen LogP contribution in [0.1, 0.15) is 76.6 Å². The standard InChI is InChI=1S/C40H46N10O6/c1-5-22(2)34(56-39(41)53)38(52)50-17-7-9-33(50)36-43-20-30(47-36)25-12-10-24(11-13-25)29-19-42-28-18-26(14-15-27(28)46-29)31-21-44-35(48-31)32-8-6-16-49(32)37(51)23(3)45-40(54)55-4/h10-15,18-23,32-34H,5-9,16-17H2,1-4H3,(H2,41,53)(H,43,47)(H,44,48)(H,45,54)/t22?,23-,32-,33-,34-/m0/s1. The van der Waals surface area contributed by atoms with E-state index >= 15 is 0 Å². The first-order chi connectivity index (χ1) is 27.0. The van der Waals surface area contributed by atoms with Crippen LogP contribution in [0, 0.1) is 5.92 Å². The lowest BCUT2D eigenvalue weighted by Crippen LogP contribution is -2.46. The molecule has 4 amide bonds. The number of nitrogens with one attached hydrogen (secondary N) is 3.